The van der Waals surface area contributed by atoms with Gasteiger partial charge in [0.25, 0.3) is 5.91 Å². The summed E-state index contributed by atoms with van der Waals surface area (Å²) in [5, 5.41) is 8.25. The number of amides is 3. The van der Waals surface area contributed by atoms with E-state index in [2.05, 4.69) is 16.0 Å². The Morgan fingerprint density at radius 1 is 0.893 bits per heavy atom. The molecule has 0 aromatic heterocycles. The lowest BCUT2D eigenvalue weighted by Crippen LogP contribution is -2.35. The second-order valence-electron chi connectivity index (χ2n) is 6.75. The zero-order valence-corrected chi connectivity index (χ0v) is 15.3. The van der Waals surface area contributed by atoms with Gasteiger partial charge in [0.1, 0.15) is 5.82 Å². The van der Waals surface area contributed by atoms with Crippen molar-refractivity contribution in [1.29, 1.82) is 0 Å². The minimum absolute atomic E-state index is 0.0218. The summed E-state index contributed by atoms with van der Waals surface area (Å²) in [6, 6.07) is 12.4. The average molecular weight is 383 g/mol. The molecule has 7 heteroatoms. The Labute approximate surface area is 162 Å². The first kappa shape index (κ1) is 19.5. The van der Waals surface area contributed by atoms with Crippen molar-refractivity contribution in [3.8, 4) is 0 Å². The van der Waals surface area contributed by atoms with Crippen molar-refractivity contribution in [1.82, 2.24) is 10.6 Å². The largest absolute Gasteiger partial charge is 0.354 e. The Morgan fingerprint density at radius 2 is 1.54 bits per heavy atom. The van der Waals surface area contributed by atoms with Crippen LogP contribution >= 0.6 is 0 Å². The monoisotopic (exact) mass is 383 g/mol. The van der Waals surface area contributed by atoms with Crippen LogP contribution in [-0.4, -0.2) is 30.8 Å². The lowest BCUT2D eigenvalue weighted by molar-refractivity contribution is -0.120. The van der Waals surface area contributed by atoms with Gasteiger partial charge in [-0.3, -0.25) is 14.4 Å². The first-order valence-corrected chi connectivity index (χ1v) is 9.21. The van der Waals surface area contributed by atoms with Gasteiger partial charge in [-0.1, -0.05) is 12.1 Å². The maximum Gasteiger partial charge on any atom is 0.251 e. The molecule has 3 rings (SSSR count). The molecule has 6 nitrogen and oxygen atoms in total. The second kappa shape index (κ2) is 9.12. The number of carbonyl (C=O) groups is 3. The van der Waals surface area contributed by atoms with E-state index in [0.29, 0.717) is 17.8 Å². The molecule has 1 fully saturated rings. The minimum atomic E-state index is -0.342. The number of benzene rings is 2. The van der Waals surface area contributed by atoms with Gasteiger partial charge >= 0.3 is 0 Å². The van der Waals surface area contributed by atoms with Crippen LogP contribution in [0.4, 0.5) is 10.1 Å². The van der Waals surface area contributed by atoms with Crippen LogP contribution in [0.1, 0.15) is 28.8 Å². The van der Waals surface area contributed by atoms with Crippen LogP contribution in [-0.2, 0) is 16.0 Å². The zero-order chi connectivity index (χ0) is 19.9. The summed E-state index contributed by atoms with van der Waals surface area (Å²) in [4.78, 5) is 35.7. The zero-order valence-electron chi connectivity index (χ0n) is 15.3. The third-order valence-corrected chi connectivity index (χ3v) is 4.37. The van der Waals surface area contributed by atoms with E-state index in [1.54, 1.807) is 36.4 Å². The fraction of sp³-hybridized carbons (Fsp3) is 0.286. The van der Waals surface area contributed by atoms with Gasteiger partial charge in [0, 0.05) is 30.3 Å². The van der Waals surface area contributed by atoms with Gasteiger partial charge < -0.3 is 16.0 Å². The quantitative estimate of drug-likeness (QED) is 0.611. The van der Waals surface area contributed by atoms with Gasteiger partial charge in [-0.2, -0.15) is 0 Å². The fourth-order valence-corrected chi connectivity index (χ4v) is 2.62. The molecular formula is C21H22FN3O3. The molecule has 3 amide bonds. The molecule has 0 spiro atoms. The van der Waals surface area contributed by atoms with E-state index in [-0.39, 0.29) is 42.4 Å². The summed E-state index contributed by atoms with van der Waals surface area (Å²) in [5.41, 5.74) is 1.86. The van der Waals surface area contributed by atoms with E-state index in [4.69, 9.17) is 0 Å². The van der Waals surface area contributed by atoms with Gasteiger partial charge in [-0.05, 0) is 54.8 Å². The standard InChI is InChI=1S/C21H22FN3O3/c22-17-7-1-14(2-8-17)13-19(26)23-11-12-24-20(27)15-5-9-18(10-6-15)25-21(28)16-3-4-16/h1-2,5-10,16H,3-4,11-13H2,(H,23,26)(H,24,27)(H,25,28). The lowest BCUT2D eigenvalue weighted by atomic mass is 10.1. The molecule has 0 heterocycles. The smallest absolute Gasteiger partial charge is 0.251 e. The van der Waals surface area contributed by atoms with Crippen LogP contribution in [0.25, 0.3) is 0 Å². The highest BCUT2D eigenvalue weighted by Crippen LogP contribution is 2.30. The molecule has 0 bridgehead atoms. The van der Waals surface area contributed by atoms with Crippen LogP contribution in [0.2, 0.25) is 0 Å². The number of anilines is 1. The van der Waals surface area contributed by atoms with Gasteiger partial charge in [0.05, 0.1) is 6.42 Å². The number of halogens is 1. The molecule has 2 aromatic carbocycles. The van der Waals surface area contributed by atoms with Crippen LogP contribution in [0.15, 0.2) is 48.5 Å². The summed E-state index contributed by atoms with van der Waals surface area (Å²) < 4.78 is 12.8. The van der Waals surface area contributed by atoms with Crippen LogP contribution in [0.5, 0.6) is 0 Å². The average Bonchev–Trinajstić information content (AvgIpc) is 3.53. The third kappa shape index (κ3) is 5.90. The van der Waals surface area contributed by atoms with E-state index >= 15 is 0 Å². The normalized spacial score (nSPS) is 12.9. The van der Waals surface area contributed by atoms with Crippen LogP contribution in [0.3, 0.4) is 0 Å². The van der Waals surface area contributed by atoms with Gasteiger partial charge in [0.15, 0.2) is 0 Å². The SMILES string of the molecule is O=C(Cc1ccc(F)cc1)NCCNC(=O)c1ccc(NC(=O)C2CC2)cc1. The maximum absolute atomic E-state index is 12.8. The highest BCUT2D eigenvalue weighted by molar-refractivity contribution is 5.96. The molecule has 0 aliphatic heterocycles. The molecule has 146 valence electrons. The molecule has 0 atom stereocenters. The van der Waals surface area contributed by atoms with Crippen molar-refractivity contribution in [2.24, 2.45) is 5.92 Å². The molecule has 1 aliphatic rings. The lowest BCUT2D eigenvalue weighted by Gasteiger charge is -2.08. The number of nitrogens with one attached hydrogen (secondary N) is 3. The van der Waals surface area contributed by atoms with Gasteiger partial charge in [-0.15, -0.1) is 0 Å². The highest BCUT2D eigenvalue weighted by atomic mass is 19.1. The molecule has 1 aliphatic carbocycles. The molecule has 28 heavy (non-hydrogen) atoms. The van der Waals surface area contributed by atoms with Crippen LogP contribution < -0.4 is 16.0 Å². The molecule has 0 unspecified atom stereocenters. The molecule has 0 radical (unpaired) electrons. The van der Waals surface area contributed by atoms with Crippen molar-refractivity contribution in [3.63, 3.8) is 0 Å². The first-order valence-electron chi connectivity index (χ1n) is 9.21. The van der Waals surface area contributed by atoms with Gasteiger partial charge in [0.2, 0.25) is 11.8 Å². The summed E-state index contributed by atoms with van der Waals surface area (Å²) in [7, 11) is 0. The molecule has 2 aromatic rings. The maximum atomic E-state index is 12.8. The topological polar surface area (TPSA) is 87.3 Å². The first-order chi connectivity index (χ1) is 13.5. The minimum Gasteiger partial charge on any atom is -0.354 e. The van der Waals surface area contributed by atoms with Crippen molar-refractivity contribution < 1.29 is 18.8 Å². The fourth-order valence-electron chi connectivity index (χ4n) is 2.62. The van der Waals surface area contributed by atoms with E-state index in [1.165, 1.54) is 12.1 Å². The summed E-state index contributed by atoms with van der Waals surface area (Å²) >= 11 is 0. The Morgan fingerprint density at radius 3 is 2.18 bits per heavy atom. The number of rotatable bonds is 8. The number of carbonyl (C=O) groups excluding carboxylic acids is 3. The van der Waals surface area contributed by atoms with Crippen LogP contribution in [0, 0.1) is 11.7 Å². The second-order valence-corrected chi connectivity index (χ2v) is 6.75. The number of hydrogen-bond acceptors (Lipinski definition) is 3. The Hall–Kier alpha value is -3.22. The predicted molar refractivity (Wildman–Crippen MR) is 103 cm³/mol. The Balaban J connectivity index is 1.36. The molecule has 1 saturated carbocycles. The van der Waals surface area contributed by atoms with E-state index in [9.17, 15) is 18.8 Å². The molecule has 3 N–H and O–H groups in total. The summed E-state index contributed by atoms with van der Waals surface area (Å²) in [5.74, 6) is -0.649. The van der Waals surface area contributed by atoms with E-state index < -0.39 is 0 Å². The molecular weight excluding hydrogens is 361 g/mol. The Kier molecular flexibility index (Phi) is 6.37. The van der Waals surface area contributed by atoms with E-state index in [1.807, 2.05) is 0 Å². The third-order valence-electron chi connectivity index (χ3n) is 4.37. The van der Waals surface area contributed by atoms with Gasteiger partial charge in [-0.25, -0.2) is 4.39 Å². The highest BCUT2D eigenvalue weighted by Gasteiger charge is 2.29. The summed E-state index contributed by atoms with van der Waals surface area (Å²) in [6.07, 6.45) is 2.03. The van der Waals surface area contributed by atoms with Crippen molar-refractivity contribution in [2.75, 3.05) is 18.4 Å². The van der Waals surface area contributed by atoms with Crippen molar-refractivity contribution in [3.05, 3.63) is 65.5 Å². The molecule has 0 saturated heterocycles. The Bertz CT molecular complexity index is 846. The van der Waals surface area contributed by atoms with Crippen molar-refractivity contribution >= 4 is 23.4 Å². The van der Waals surface area contributed by atoms with Crippen molar-refractivity contribution in [2.45, 2.75) is 19.3 Å². The predicted octanol–water partition coefficient (Wildman–Crippen LogP) is 2.26. The number of hydrogen-bond donors (Lipinski definition) is 3. The summed E-state index contributed by atoms with van der Waals surface area (Å²) in [6.45, 7) is 0.579. The van der Waals surface area contributed by atoms with E-state index in [0.717, 1.165) is 18.4 Å².